The molecule has 3 nitrogen and oxygen atoms in total. The molecule has 0 spiro atoms. The highest BCUT2D eigenvalue weighted by Crippen LogP contribution is 2.33. The van der Waals surface area contributed by atoms with E-state index in [2.05, 4.69) is 0 Å². The zero-order valence-corrected chi connectivity index (χ0v) is 11.3. The van der Waals surface area contributed by atoms with Gasteiger partial charge < -0.3 is 0 Å². The molecule has 0 bridgehead atoms. The summed E-state index contributed by atoms with van der Waals surface area (Å²) in [7, 11) is 0. The molecule has 1 aromatic rings. The molecule has 3 heteroatoms. The normalized spacial score (nSPS) is 21.6. The lowest BCUT2D eigenvalue weighted by Crippen LogP contribution is -2.43. The Morgan fingerprint density at radius 1 is 1.00 bits per heavy atom. The van der Waals surface area contributed by atoms with Crippen molar-refractivity contribution in [3.05, 3.63) is 35.4 Å². The van der Waals surface area contributed by atoms with E-state index in [0.29, 0.717) is 17.0 Å². The van der Waals surface area contributed by atoms with E-state index in [1.165, 1.54) is 24.2 Å². The number of hydrogen-bond donors (Lipinski definition) is 0. The van der Waals surface area contributed by atoms with Gasteiger partial charge in [-0.3, -0.25) is 14.5 Å². The Hall–Kier alpha value is -1.64. The summed E-state index contributed by atoms with van der Waals surface area (Å²) in [5.41, 5.74) is 1.13. The van der Waals surface area contributed by atoms with Gasteiger partial charge in [-0.05, 0) is 37.8 Å². The third-order valence-electron chi connectivity index (χ3n) is 4.56. The number of benzene rings is 1. The molecule has 1 atom stereocenters. The number of imide groups is 1. The minimum atomic E-state index is -0.112. The molecule has 1 saturated carbocycles. The largest absolute Gasteiger partial charge is 0.271 e. The lowest BCUT2D eigenvalue weighted by atomic mass is 9.84. The van der Waals surface area contributed by atoms with Gasteiger partial charge >= 0.3 is 0 Å². The molecule has 2 amide bonds. The summed E-state index contributed by atoms with van der Waals surface area (Å²) >= 11 is 0. The Morgan fingerprint density at radius 3 is 2.05 bits per heavy atom. The first-order valence-electron chi connectivity index (χ1n) is 7.17. The van der Waals surface area contributed by atoms with Crippen molar-refractivity contribution in [2.45, 2.75) is 45.1 Å². The van der Waals surface area contributed by atoms with Gasteiger partial charge in [-0.25, -0.2) is 0 Å². The maximum atomic E-state index is 12.4. The van der Waals surface area contributed by atoms with Crippen LogP contribution in [0.25, 0.3) is 0 Å². The molecule has 1 aromatic carbocycles. The molecule has 19 heavy (non-hydrogen) atoms. The minimum absolute atomic E-state index is 0.0210. The number of carbonyl (C=O) groups excluding carboxylic acids is 2. The number of amides is 2. The van der Waals surface area contributed by atoms with Crippen LogP contribution in [0.15, 0.2) is 24.3 Å². The second-order valence-corrected chi connectivity index (χ2v) is 5.66. The standard InChI is InChI=1S/C16H19NO2/c1-11(12-7-3-2-4-8-12)17-15(18)13-9-5-6-10-14(13)16(17)19/h5-6,9-12H,2-4,7-8H2,1H3/t11-/m1/s1. The van der Waals surface area contributed by atoms with Crippen molar-refractivity contribution in [1.82, 2.24) is 4.90 Å². The molecule has 1 aliphatic carbocycles. The van der Waals surface area contributed by atoms with E-state index in [4.69, 9.17) is 0 Å². The van der Waals surface area contributed by atoms with Crippen molar-refractivity contribution >= 4 is 11.8 Å². The third kappa shape index (κ3) is 1.97. The van der Waals surface area contributed by atoms with Crippen LogP contribution in [-0.4, -0.2) is 22.8 Å². The zero-order valence-electron chi connectivity index (χ0n) is 11.3. The SMILES string of the molecule is C[C@H](C1CCCCC1)N1C(=O)c2ccccc2C1=O. The summed E-state index contributed by atoms with van der Waals surface area (Å²) in [5.74, 6) is 0.244. The van der Waals surface area contributed by atoms with E-state index in [9.17, 15) is 9.59 Å². The number of rotatable bonds is 2. The van der Waals surface area contributed by atoms with Gasteiger partial charge in [0.05, 0.1) is 11.1 Å². The van der Waals surface area contributed by atoms with Crippen molar-refractivity contribution in [3.63, 3.8) is 0 Å². The van der Waals surface area contributed by atoms with Gasteiger partial charge in [0.15, 0.2) is 0 Å². The highest BCUT2D eigenvalue weighted by atomic mass is 16.2. The number of fused-ring (bicyclic) bond motifs is 1. The van der Waals surface area contributed by atoms with E-state index in [1.54, 1.807) is 12.1 Å². The summed E-state index contributed by atoms with van der Waals surface area (Å²) in [4.78, 5) is 26.3. The van der Waals surface area contributed by atoms with Crippen LogP contribution in [0, 0.1) is 5.92 Å². The number of nitrogens with zero attached hydrogens (tertiary/aromatic N) is 1. The Morgan fingerprint density at radius 2 is 1.53 bits per heavy atom. The first kappa shape index (κ1) is 12.4. The van der Waals surface area contributed by atoms with Crippen molar-refractivity contribution in [3.8, 4) is 0 Å². The van der Waals surface area contributed by atoms with Crippen molar-refractivity contribution < 1.29 is 9.59 Å². The molecule has 1 aliphatic heterocycles. The lowest BCUT2D eigenvalue weighted by molar-refractivity contribution is 0.0520. The summed E-state index contributed by atoms with van der Waals surface area (Å²) in [6.07, 6.45) is 5.99. The second-order valence-electron chi connectivity index (χ2n) is 5.66. The quantitative estimate of drug-likeness (QED) is 0.763. The van der Waals surface area contributed by atoms with Crippen LogP contribution in [0.5, 0.6) is 0 Å². The van der Waals surface area contributed by atoms with Crippen molar-refractivity contribution in [2.24, 2.45) is 5.92 Å². The molecule has 0 N–H and O–H groups in total. The van der Waals surface area contributed by atoms with Gasteiger partial charge in [0.1, 0.15) is 0 Å². The van der Waals surface area contributed by atoms with Crippen LogP contribution in [0.1, 0.15) is 59.7 Å². The number of carbonyl (C=O) groups is 2. The van der Waals surface area contributed by atoms with Crippen molar-refractivity contribution in [2.75, 3.05) is 0 Å². The predicted octanol–water partition coefficient (Wildman–Crippen LogP) is 3.25. The fraction of sp³-hybridized carbons (Fsp3) is 0.500. The average Bonchev–Trinajstić information content (AvgIpc) is 2.72. The molecule has 0 unspecified atom stereocenters. The predicted molar refractivity (Wildman–Crippen MR) is 73.0 cm³/mol. The Labute approximate surface area is 113 Å². The Kier molecular flexibility index (Phi) is 3.13. The maximum Gasteiger partial charge on any atom is 0.261 e. The number of hydrogen-bond acceptors (Lipinski definition) is 2. The molecule has 0 radical (unpaired) electrons. The van der Waals surface area contributed by atoms with E-state index >= 15 is 0 Å². The minimum Gasteiger partial charge on any atom is -0.271 e. The lowest BCUT2D eigenvalue weighted by Gasteiger charge is -2.32. The zero-order chi connectivity index (χ0) is 13.4. The monoisotopic (exact) mass is 257 g/mol. The van der Waals surface area contributed by atoms with Gasteiger partial charge in [-0.1, -0.05) is 31.4 Å². The molecular formula is C16H19NO2. The smallest absolute Gasteiger partial charge is 0.261 e. The molecule has 0 aromatic heterocycles. The molecule has 1 fully saturated rings. The van der Waals surface area contributed by atoms with Crippen LogP contribution in [0.3, 0.4) is 0 Å². The summed E-state index contributed by atoms with van der Waals surface area (Å²) in [6, 6.07) is 7.16. The Balaban J connectivity index is 1.87. The molecule has 2 aliphatic rings. The fourth-order valence-corrected chi connectivity index (χ4v) is 3.41. The van der Waals surface area contributed by atoms with Crippen LogP contribution in [0.4, 0.5) is 0 Å². The first-order chi connectivity index (χ1) is 9.20. The average molecular weight is 257 g/mol. The molecular weight excluding hydrogens is 238 g/mol. The van der Waals surface area contributed by atoms with Crippen LogP contribution >= 0.6 is 0 Å². The molecule has 100 valence electrons. The van der Waals surface area contributed by atoms with Crippen molar-refractivity contribution in [1.29, 1.82) is 0 Å². The van der Waals surface area contributed by atoms with Gasteiger partial charge in [-0.2, -0.15) is 0 Å². The topological polar surface area (TPSA) is 37.4 Å². The van der Waals surface area contributed by atoms with Gasteiger partial charge in [-0.15, -0.1) is 0 Å². The summed E-state index contributed by atoms with van der Waals surface area (Å²) in [5, 5.41) is 0. The third-order valence-corrected chi connectivity index (χ3v) is 4.56. The summed E-state index contributed by atoms with van der Waals surface area (Å²) in [6.45, 7) is 2.03. The van der Waals surface area contributed by atoms with Gasteiger partial charge in [0.2, 0.25) is 0 Å². The van der Waals surface area contributed by atoms with Crippen LogP contribution < -0.4 is 0 Å². The van der Waals surface area contributed by atoms with E-state index in [1.807, 2.05) is 19.1 Å². The van der Waals surface area contributed by atoms with E-state index in [-0.39, 0.29) is 17.9 Å². The summed E-state index contributed by atoms with van der Waals surface area (Å²) < 4.78 is 0. The fourth-order valence-electron chi connectivity index (χ4n) is 3.41. The van der Waals surface area contributed by atoms with Crippen LogP contribution in [0.2, 0.25) is 0 Å². The maximum absolute atomic E-state index is 12.4. The van der Waals surface area contributed by atoms with E-state index in [0.717, 1.165) is 12.8 Å². The van der Waals surface area contributed by atoms with Gasteiger partial charge in [0, 0.05) is 6.04 Å². The van der Waals surface area contributed by atoms with E-state index < -0.39 is 0 Å². The van der Waals surface area contributed by atoms with Crippen LogP contribution in [-0.2, 0) is 0 Å². The first-order valence-corrected chi connectivity index (χ1v) is 7.17. The Bertz CT molecular complexity index is 482. The van der Waals surface area contributed by atoms with Gasteiger partial charge in [0.25, 0.3) is 11.8 Å². The second kappa shape index (κ2) is 4.80. The molecule has 1 heterocycles. The molecule has 3 rings (SSSR count). The highest BCUT2D eigenvalue weighted by Gasteiger charge is 2.40. The highest BCUT2D eigenvalue weighted by molar-refractivity contribution is 6.21. The molecule has 0 saturated heterocycles.